The van der Waals surface area contributed by atoms with E-state index in [9.17, 15) is 5.11 Å². The largest absolute Gasteiger partial charge is 0.389 e. The zero-order valence-electron chi connectivity index (χ0n) is 12.0. The number of aliphatic hydroxyl groups excluding tert-OH is 1. The molecule has 1 N–H and O–H groups in total. The van der Waals surface area contributed by atoms with Crippen molar-refractivity contribution in [3.8, 4) is 0 Å². The van der Waals surface area contributed by atoms with E-state index in [0.29, 0.717) is 13.2 Å². The van der Waals surface area contributed by atoms with Crippen LogP contribution in [0.25, 0.3) is 0 Å². The van der Waals surface area contributed by atoms with Crippen molar-refractivity contribution in [2.75, 3.05) is 39.2 Å². The van der Waals surface area contributed by atoms with Crippen molar-refractivity contribution in [3.63, 3.8) is 0 Å². The number of ether oxygens (including phenoxy) is 1. The van der Waals surface area contributed by atoms with Crippen LogP contribution in [0.2, 0.25) is 0 Å². The summed E-state index contributed by atoms with van der Waals surface area (Å²) in [5.74, 6) is 0. The highest BCUT2D eigenvalue weighted by Gasteiger charge is 2.06. The number of unbranched alkanes of at least 4 members (excludes halogenated alkanes) is 6. The summed E-state index contributed by atoms with van der Waals surface area (Å²) in [6, 6.07) is 0. The molecule has 0 spiro atoms. The summed E-state index contributed by atoms with van der Waals surface area (Å²) in [4.78, 5) is 2.19. The highest BCUT2D eigenvalue weighted by molar-refractivity contribution is 9.09. The van der Waals surface area contributed by atoms with Gasteiger partial charge in [-0.1, -0.05) is 48.0 Å². The van der Waals surface area contributed by atoms with E-state index in [1.165, 1.54) is 44.9 Å². The molecule has 0 saturated carbocycles. The Balaban J connectivity index is 3.22. The number of rotatable bonds is 13. The van der Waals surface area contributed by atoms with Crippen molar-refractivity contribution in [1.82, 2.24) is 4.90 Å². The predicted molar refractivity (Wildman–Crippen MR) is 81.5 cm³/mol. The van der Waals surface area contributed by atoms with Gasteiger partial charge in [-0.3, -0.25) is 0 Å². The first kappa shape index (κ1) is 18.4. The van der Waals surface area contributed by atoms with E-state index < -0.39 is 0 Å². The van der Waals surface area contributed by atoms with Gasteiger partial charge in [0.1, 0.15) is 0 Å². The predicted octanol–water partition coefficient (Wildman–Crippen LogP) is 3.05. The third kappa shape index (κ3) is 12.8. The summed E-state index contributed by atoms with van der Waals surface area (Å²) < 4.78 is 4.91. The Labute approximate surface area is 121 Å². The topological polar surface area (TPSA) is 32.7 Å². The average molecular weight is 324 g/mol. The Bertz CT molecular complexity index is 170. The standard InChI is InChI=1S/C14H30BrNO2/c1-16(12-14(17)13-18-2)11-9-7-5-3-4-6-8-10-15/h14,17H,3-13H2,1-2H3. The number of methoxy groups -OCH3 is 1. The van der Waals surface area contributed by atoms with Gasteiger partial charge in [0.25, 0.3) is 0 Å². The van der Waals surface area contributed by atoms with Crippen molar-refractivity contribution in [1.29, 1.82) is 0 Å². The van der Waals surface area contributed by atoms with E-state index in [2.05, 4.69) is 27.9 Å². The summed E-state index contributed by atoms with van der Waals surface area (Å²) in [6.45, 7) is 2.21. The van der Waals surface area contributed by atoms with Crippen LogP contribution in [0.5, 0.6) is 0 Å². The van der Waals surface area contributed by atoms with E-state index in [1.807, 2.05) is 0 Å². The monoisotopic (exact) mass is 323 g/mol. The van der Waals surface area contributed by atoms with E-state index >= 15 is 0 Å². The molecular formula is C14H30BrNO2. The summed E-state index contributed by atoms with van der Waals surface area (Å²) >= 11 is 3.46. The van der Waals surface area contributed by atoms with Gasteiger partial charge in [0.15, 0.2) is 0 Å². The number of hydrogen-bond acceptors (Lipinski definition) is 3. The van der Waals surface area contributed by atoms with Crippen LogP contribution in [-0.2, 0) is 4.74 Å². The molecular weight excluding hydrogens is 294 g/mol. The summed E-state index contributed by atoms with van der Waals surface area (Å²) in [5.41, 5.74) is 0. The smallest absolute Gasteiger partial charge is 0.0899 e. The van der Waals surface area contributed by atoms with E-state index in [1.54, 1.807) is 7.11 Å². The highest BCUT2D eigenvalue weighted by atomic mass is 79.9. The minimum atomic E-state index is -0.357. The van der Waals surface area contributed by atoms with Gasteiger partial charge in [0.2, 0.25) is 0 Å². The molecule has 0 amide bonds. The molecule has 0 bridgehead atoms. The maximum atomic E-state index is 9.57. The fourth-order valence-electron chi connectivity index (χ4n) is 2.06. The van der Waals surface area contributed by atoms with Gasteiger partial charge in [-0.05, 0) is 26.4 Å². The molecule has 1 unspecified atom stereocenters. The Morgan fingerprint density at radius 1 is 1.06 bits per heavy atom. The zero-order chi connectivity index (χ0) is 13.6. The zero-order valence-corrected chi connectivity index (χ0v) is 13.6. The molecule has 3 nitrogen and oxygen atoms in total. The Morgan fingerprint density at radius 2 is 1.61 bits per heavy atom. The van der Waals surface area contributed by atoms with E-state index in [-0.39, 0.29) is 6.10 Å². The molecule has 110 valence electrons. The molecule has 0 fully saturated rings. The lowest BCUT2D eigenvalue weighted by molar-refractivity contribution is 0.0430. The minimum Gasteiger partial charge on any atom is -0.389 e. The molecule has 0 aromatic carbocycles. The minimum absolute atomic E-state index is 0.357. The van der Waals surface area contributed by atoms with E-state index in [0.717, 1.165) is 11.9 Å². The molecule has 4 heteroatoms. The summed E-state index contributed by atoms with van der Waals surface area (Å²) in [7, 11) is 3.69. The van der Waals surface area contributed by atoms with Crippen LogP contribution < -0.4 is 0 Å². The molecule has 18 heavy (non-hydrogen) atoms. The second-order valence-electron chi connectivity index (χ2n) is 5.04. The second kappa shape index (κ2) is 13.8. The van der Waals surface area contributed by atoms with Crippen molar-refractivity contribution in [3.05, 3.63) is 0 Å². The Morgan fingerprint density at radius 3 is 2.17 bits per heavy atom. The number of likely N-dealkylation sites (N-methyl/N-ethyl adjacent to an activating group) is 1. The normalized spacial score (nSPS) is 13.2. The van der Waals surface area contributed by atoms with Crippen LogP contribution in [0, 0.1) is 0 Å². The fourth-order valence-corrected chi connectivity index (χ4v) is 2.45. The number of aliphatic hydroxyl groups is 1. The number of halogens is 1. The maximum Gasteiger partial charge on any atom is 0.0899 e. The molecule has 1 atom stereocenters. The van der Waals surface area contributed by atoms with Gasteiger partial charge in [-0.15, -0.1) is 0 Å². The lowest BCUT2D eigenvalue weighted by atomic mass is 10.1. The van der Waals surface area contributed by atoms with Gasteiger partial charge in [0.05, 0.1) is 12.7 Å². The van der Waals surface area contributed by atoms with Gasteiger partial charge in [0, 0.05) is 19.0 Å². The number of alkyl halides is 1. The van der Waals surface area contributed by atoms with Crippen LogP contribution >= 0.6 is 15.9 Å². The highest BCUT2D eigenvalue weighted by Crippen LogP contribution is 2.08. The van der Waals surface area contributed by atoms with Crippen molar-refractivity contribution < 1.29 is 9.84 Å². The van der Waals surface area contributed by atoms with Crippen molar-refractivity contribution in [2.24, 2.45) is 0 Å². The number of hydrogen-bond donors (Lipinski definition) is 1. The lowest BCUT2D eigenvalue weighted by Gasteiger charge is -2.19. The van der Waals surface area contributed by atoms with Gasteiger partial charge < -0.3 is 14.7 Å². The second-order valence-corrected chi connectivity index (χ2v) is 5.83. The molecule has 0 radical (unpaired) electrons. The third-order valence-electron chi connectivity index (χ3n) is 3.05. The molecule has 0 aromatic heterocycles. The SMILES string of the molecule is COCC(O)CN(C)CCCCCCCCCBr. The van der Waals surface area contributed by atoms with Crippen molar-refractivity contribution in [2.45, 2.75) is 51.0 Å². The number of nitrogens with zero attached hydrogens (tertiary/aromatic N) is 1. The molecule has 0 aliphatic carbocycles. The summed E-state index contributed by atoms with van der Waals surface area (Å²) in [6.07, 6.45) is 8.92. The van der Waals surface area contributed by atoms with Gasteiger partial charge in [-0.25, -0.2) is 0 Å². The Kier molecular flexibility index (Phi) is 14.1. The Hall–Kier alpha value is 0.360. The maximum absolute atomic E-state index is 9.57. The lowest BCUT2D eigenvalue weighted by Crippen LogP contribution is -2.32. The molecule has 0 heterocycles. The first-order valence-corrected chi connectivity index (χ1v) is 8.24. The quantitative estimate of drug-likeness (QED) is 0.417. The third-order valence-corrected chi connectivity index (χ3v) is 3.62. The molecule has 0 saturated heterocycles. The van der Waals surface area contributed by atoms with Gasteiger partial charge in [-0.2, -0.15) is 0 Å². The van der Waals surface area contributed by atoms with Crippen molar-refractivity contribution >= 4 is 15.9 Å². The molecule has 0 aliphatic rings. The first-order valence-electron chi connectivity index (χ1n) is 7.12. The van der Waals surface area contributed by atoms with Gasteiger partial charge >= 0.3 is 0 Å². The first-order chi connectivity index (χ1) is 8.70. The van der Waals surface area contributed by atoms with Crippen LogP contribution in [0.4, 0.5) is 0 Å². The summed E-state index contributed by atoms with van der Waals surface area (Å²) in [5, 5.41) is 10.7. The van der Waals surface area contributed by atoms with Crippen LogP contribution in [0.15, 0.2) is 0 Å². The van der Waals surface area contributed by atoms with Crippen LogP contribution in [0.1, 0.15) is 44.9 Å². The van der Waals surface area contributed by atoms with E-state index in [4.69, 9.17) is 4.74 Å². The fraction of sp³-hybridized carbons (Fsp3) is 1.00. The average Bonchev–Trinajstić information content (AvgIpc) is 2.32. The molecule has 0 rings (SSSR count). The molecule has 0 aliphatic heterocycles. The van der Waals surface area contributed by atoms with Crippen LogP contribution in [-0.4, -0.2) is 55.3 Å². The van der Waals surface area contributed by atoms with Crippen LogP contribution in [0.3, 0.4) is 0 Å². The molecule has 0 aromatic rings.